The van der Waals surface area contributed by atoms with Gasteiger partial charge in [-0.15, -0.1) is 16.4 Å². The molecule has 1 unspecified atom stereocenters. The number of benzene rings is 1. The van der Waals surface area contributed by atoms with Gasteiger partial charge in [0.05, 0.1) is 24.1 Å². The van der Waals surface area contributed by atoms with E-state index in [4.69, 9.17) is 4.74 Å². The monoisotopic (exact) mass is 403 g/mol. The van der Waals surface area contributed by atoms with E-state index in [0.29, 0.717) is 6.54 Å². The van der Waals surface area contributed by atoms with Gasteiger partial charge in [-0.05, 0) is 31.2 Å². The first-order valence-electron chi connectivity index (χ1n) is 8.34. The van der Waals surface area contributed by atoms with Gasteiger partial charge in [0, 0.05) is 25.1 Å². The molecule has 0 saturated carbocycles. The Morgan fingerprint density at radius 2 is 2.04 bits per heavy atom. The number of hydrogen-bond acceptors (Lipinski definition) is 7. The van der Waals surface area contributed by atoms with Crippen molar-refractivity contribution in [2.75, 3.05) is 19.1 Å². The van der Waals surface area contributed by atoms with Crippen LogP contribution < -0.4 is 4.90 Å². The highest BCUT2D eigenvalue weighted by Gasteiger charge is 2.15. The van der Waals surface area contributed by atoms with E-state index >= 15 is 0 Å². The summed E-state index contributed by atoms with van der Waals surface area (Å²) in [5.41, 5.74) is 2.63. The lowest BCUT2D eigenvalue weighted by Crippen LogP contribution is -2.16. The topological polar surface area (TPSA) is 55.5 Å². The number of nitrogens with zero attached hydrogens (tertiary/aromatic N) is 5. The first kappa shape index (κ1) is 18.0. The molecule has 0 aliphatic rings. The maximum absolute atomic E-state index is 13.1. The van der Waals surface area contributed by atoms with Gasteiger partial charge >= 0.3 is 0 Å². The number of halogens is 1. The minimum atomic E-state index is -0.258. The Kier molecular flexibility index (Phi) is 4.90. The smallest absolute Gasteiger partial charge is 0.214 e. The molecule has 9 heteroatoms. The molecule has 3 heterocycles. The van der Waals surface area contributed by atoms with Gasteiger partial charge in [-0.25, -0.2) is 18.9 Å². The van der Waals surface area contributed by atoms with Crippen molar-refractivity contribution in [3.8, 4) is 11.3 Å². The fourth-order valence-electron chi connectivity index (χ4n) is 2.60. The van der Waals surface area contributed by atoms with Gasteiger partial charge in [-0.1, -0.05) is 11.3 Å². The second kappa shape index (κ2) is 7.34. The van der Waals surface area contributed by atoms with E-state index in [1.807, 2.05) is 30.4 Å². The van der Waals surface area contributed by atoms with Crippen molar-refractivity contribution < 1.29 is 9.13 Å². The molecular weight excluding hydrogens is 385 g/mol. The number of rotatable bonds is 6. The molecule has 140 valence electrons. The Labute approximate surface area is 163 Å². The van der Waals surface area contributed by atoms with Crippen molar-refractivity contribution in [3.05, 3.63) is 52.4 Å². The van der Waals surface area contributed by atoms with Crippen LogP contribution in [0.4, 0.5) is 9.52 Å². The third-order valence-electron chi connectivity index (χ3n) is 4.17. The lowest BCUT2D eigenvalue weighted by molar-refractivity contribution is 0.119. The number of hydrogen-bond donors (Lipinski definition) is 0. The molecule has 1 aromatic carbocycles. The lowest BCUT2D eigenvalue weighted by atomic mass is 10.2. The fourth-order valence-corrected chi connectivity index (χ4v) is 4.28. The van der Waals surface area contributed by atoms with E-state index in [9.17, 15) is 4.39 Å². The standard InChI is InChI=1S/C18H18FN5OS2/c1-11(25-3)16-20-14(10-26-16)8-23(2)18-22-24-9-15(21-17(24)27-18)12-4-6-13(19)7-5-12/h4-7,9-11H,8H2,1-3H3. The summed E-state index contributed by atoms with van der Waals surface area (Å²) < 4.78 is 20.2. The van der Waals surface area contributed by atoms with Crippen LogP contribution in [0.1, 0.15) is 23.7 Å². The summed E-state index contributed by atoms with van der Waals surface area (Å²) in [6.45, 7) is 2.65. The number of aromatic nitrogens is 4. The molecule has 0 bridgehead atoms. The van der Waals surface area contributed by atoms with Crippen molar-refractivity contribution in [2.45, 2.75) is 19.6 Å². The summed E-state index contributed by atoms with van der Waals surface area (Å²) in [6.07, 6.45) is 1.86. The molecular formula is C18H18FN5OS2. The molecule has 4 aromatic rings. The molecule has 0 spiro atoms. The summed E-state index contributed by atoms with van der Waals surface area (Å²) >= 11 is 3.11. The average Bonchev–Trinajstić information content (AvgIpc) is 3.36. The Balaban J connectivity index is 1.51. The average molecular weight is 404 g/mol. The molecule has 0 aliphatic heterocycles. The minimum absolute atomic E-state index is 0.00194. The summed E-state index contributed by atoms with van der Waals surface area (Å²) in [6, 6.07) is 6.30. The molecule has 6 nitrogen and oxygen atoms in total. The predicted molar refractivity (Wildman–Crippen MR) is 106 cm³/mol. The minimum Gasteiger partial charge on any atom is -0.375 e. The van der Waals surface area contributed by atoms with E-state index in [-0.39, 0.29) is 11.9 Å². The Bertz CT molecular complexity index is 1020. The summed E-state index contributed by atoms with van der Waals surface area (Å²) in [4.78, 5) is 12.1. The van der Waals surface area contributed by atoms with Gasteiger partial charge in [-0.3, -0.25) is 0 Å². The van der Waals surface area contributed by atoms with Gasteiger partial charge in [0.1, 0.15) is 16.9 Å². The Hall–Kier alpha value is -2.36. The molecule has 0 N–H and O–H groups in total. The van der Waals surface area contributed by atoms with Gasteiger partial charge in [-0.2, -0.15) is 0 Å². The van der Waals surface area contributed by atoms with Crippen LogP contribution in [0, 0.1) is 5.82 Å². The number of anilines is 1. The van der Waals surface area contributed by atoms with Gasteiger partial charge in [0.25, 0.3) is 0 Å². The molecule has 0 radical (unpaired) electrons. The van der Waals surface area contributed by atoms with Crippen LogP contribution in [0.25, 0.3) is 16.2 Å². The van der Waals surface area contributed by atoms with Crippen LogP contribution in [-0.4, -0.2) is 33.7 Å². The zero-order valence-corrected chi connectivity index (χ0v) is 16.7. The fraction of sp³-hybridized carbons (Fsp3) is 0.278. The number of imidazole rings is 1. The Morgan fingerprint density at radius 1 is 1.26 bits per heavy atom. The molecule has 0 aliphatic carbocycles. The zero-order chi connectivity index (χ0) is 19.0. The van der Waals surface area contributed by atoms with Crippen LogP contribution in [-0.2, 0) is 11.3 Å². The molecule has 3 aromatic heterocycles. The van der Waals surface area contributed by atoms with Gasteiger partial charge in [0.2, 0.25) is 10.1 Å². The van der Waals surface area contributed by atoms with E-state index in [1.165, 1.54) is 23.5 Å². The first-order valence-corrected chi connectivity index (χ1v) is 10.0. The highest BCUT2D eigenvalue weighted by Crippen LogP contribution is 2.28. The summed E-state index contributed by atoms with van der Waals surface area (Å²) in [7, 11) is 3.67. The third-order valence-corrected chi connectivity index (χ3v) is 6.26. The normalized spacial score (nSPS) is 12.6. The van der Waals surface area contributed by atoms with Crippen molar-refractivity contribution in [1.29, 1.82) is 0 Å². The van der Waals surface area contributed by atoms with Crippen LogP contribution in [0.5, 0.6) is 0 Å². The summed E-state index contributed by atoms with van der Waals surface area (Å²) in [5, 5.41) is 8.48. The van der Waals surface area contributed by atoms with Crippen LogP contribution in [0.15, 0.2) is 35.8 Å². The van der Waals surface area contributed by atoms with E-state index < -0.39 is 0 Å². The first-order chi connectivity index (χ1) is 13.0. The third kappa shape index (κ3) is 3.71. The maximum Gasteiger partial charge on any atom is 0.214 e. The zero-order valence-electron chi connectivity index (χ0n) is 15.1. The highest BCUT2D eigenvalue weighted by molar-refractivity contribution is 7.20. The van der Waals surface area contributed by atoms with E-state index in [2.05, 4.69) is 15.1 Å². The number of thiazole rings is 1. The quantitative estimate of drug-likeness (QED) is 0.478. The number of ether oxygens (including phenoxy) is 1. The maximum atomic E-state index is 13.1. The lowest BCUT2D eigenvalue weighted by Gasteiger charge is -2.13. The van der Waals surface area contributed by atoms with Crippen molar-refractivity contribution >= 4 is 32.8 Å². The van der Waals surface area contributed by atoms with Crippen LogP contribution >= 0.6 is 22.7 Å². The molecule has 27 heavy (non-hydrogen) atoms. The van der Waals surface area contributed by atoms with Crippen LogP contribution in [0.2, 0.25) is 0 Å². The van der Waals surface area contributed by atoms with E-state index in [0.717, 1.165) is 32.1 Å². The summed E-state index contributed by atoms with van der Waals surface area (Å²) in [5.74, 6) is -0.258. The predicted octanol–water partition coefficient (Wildman–Crippen LogP) is 4.40. The van der Waals surface area contributed by atoms with Crippen molar-refractivity contribution in [1.82, 2.24) is 19.6 Å². The molecule has 0 saturated heterocycles. The SMILES string of the molecule is COC(C)c1nc(CN(C)c2nn3cc(-c4ccc(F)cc4)nc3s2)cs1. The second-order valence-corrected chi connectivity index (χ2v) is 7.98. The van der Waals surface area contributed by atoms with Gasteiger partial charge in [0.15, 0.2) is 0 Å². The largest absolute Gasteiger partial charge is 0.375 e. The van der Waals surface area contributed by atoms with E-state index in [1.54, 1.807) is 35.1 Å². The molecule has 1 atom stereocenters. The highest BCUT2D eigenvalue weighted by atomic mass is 32.1. The van der Waals surface area contributed by atoms with Crippen molar-refractivity contribution in [2.24, 2.45) is 0 Å². The molecule has 0 fully saturated rings. The molecule has 0 amide bonds. The number of fused-ring (bicyclic) bond motifs is 1. The van der Waals surface area contributed by atoms with Crippen molar-refractivity contribution in [3.63, 3.8) is 0 Å². The molecule has 4 rings (SSSR count). The van der Waals surface area contributed by atoms with Gasteiger partial charge < -0.3 is 9.64 Å². The van der Waals surface area contributed by atoms with Crippen LogP contribution in [0.3, 0.4) is 0 Å². The second-order valence-electron chi connectivity index (χ2n) is 6.16. The number of methoxy groups -OCH3 is 1. The Morgan fingerprint density at radius 3 is 2.74 bits per heavy atom.